The molecule has 0 aliphatic heterocycles. The molecule has 0 aliphatic carbocycles. The first-order chi connectivity index (χ1) is 9.06. The first-order valence-electron chi connectivity index (χ1n) is 5.76. The molecule has 0 saturated heterocycles. The standard InChI is InChI=1S/C11H17NO4S3/c1-3-18-19-6-4-5-17-9-7-10(14)12(11(9)15)16-8(2)13/h7,14-15H,3-6H2,1-2H3. The zero-order chi connectivity index (χ0) is 14.3. The zero-order valence-electron chi connectivity index (χ0n) is 10.8. The summed E-state index contributed by atoms with van der Waals surface area (Å²) in [7, 11) is 3.65. The number of thioether (sulfide) groups is 1. The van der Waals surface area contributed by atoms with E-state index in [1.165, 1.54) is 24.8 Å². The molecule has 108 valence electrons. The van der Waals surface area contributed by atoms with E-state index >= 15 is 0 Å². The van der Waals surface area contributed by atoms with Crippen molar-refractivity contribution in [3.63, 3.8) is 0 Å². The lowest BCUT2D eigenvalue weighted by Crippen LogP contribution is -2.15. The van der Waals surface area contributed by atoms with Crippen LogP contribution >= 0.6 is 33.3 Å². The van der Waals surface area contributed by atoms with E-state index in [9.17, 15) is 15.0 Å². The molecule has 5 nitrogen and oxygen atoms in total. The molecule has 1 aromatic heterocycles. The molecular weight excluding hydrogens is 306 g/mol. The fraction of sp³-hybridized carbons (Fsp3) is 0.545. The Morgan fingerprint density at radius 2 is 2.11 bits per heavy atom. The molecule has 8 heteroatoms. The highest BCUT2D eigenvalue weighted by atomic mass is 33.1. The first kappa shape index (κ1) is 16.5. The van der Waals surface area contributed by atoms with E-state index in [1.807, 2.05) is 21.6 Å². The van der Waals surface area contributed by atoms with Gasteiger partial charge in [-0.25, -0.2) is 4.79 Å². The van der Waals surface area contributed by atoms with Gasteiger partial charge in [-0.1, -0.05) is 28.5 Å². The molecule has 0 aromatic carbocycles. The summed E-state index contributed by atoms with van der Waals surface area (Å²) in [6, 6.07) is 1.39. The first-order valence-corrected chi connectivity index (χ1v) is 9.23. The van der Waals surface area contributed by atoms with Crippen LogP contribution in [0.5, 0.6) is 11.8 Å². The van der Waals surface area contributed by atoms with Crippen molar-refractivity contribution >= 4 is 39.3 Å². The molecule has 0 radical (unpaired) electrons. The third-order valence-electron chi connectivity index (χ3n) is 1.93. The van der Waals surface area contributed by atoms with Gasteiger partial charge in [0.05, 0.1) is 4.90 Å². The molecule has 0 spiro atoms. The minimum Gasteiger partial charge on any atom is -0.492 e. The Labute approximate surface area is 124 Å². The molecule has 0 fully saturated rings. The highest BCUT2D eigenvalue weighted by Crippen LogP contribution is 2.35. The Hall–Kier alpha value is -0.600. The molecule has 0 unspecified atom stereocenters. The van der Waals surface area contributed by atoms with Crippen LogP contribution in [0.1, 0.15) is 20.3 Å². The third kappa shape index (κ3) is 5.50. The van der Waals surface area contributed by atoms with Crippen molar-refractivity contribution < 1.29 is 19.8 Å². The van der Waals surface area contributed by atoms with Gasteiger partial charge >= 0.3 is 5.97 Å². The Balaban J connectivity index is 2.44. The van der Waals surface area contributed by atoms with E-state index in [-0.39, 0.29) is 11.8 Å². The summed E-state index contributed by atoms with van der Waals surface area (Å²) < 4.78 is 0.729. The molecule has 0 saturated carbocycles. The van der Waals surface area contributed by atoms with Gasteiger partial charge in [-0.05, 0) is 12.2 Å². The van der Waals surface area contributed by atoms with Gasteiger partial charge in [0, 0.05) is 24.5 Å². The van der Waals surface area contributed by atoms with E-state index < -0.39 is 5.97 Å². The molecule has 19 heavy (non-hydrogen) atoms. The summed E-state index contributed by atoms with van der Waals surface area (Å²) >= 11 is 1.42. The van der Waals surface area contributed by atoms with E-state index in [0.29, 0.717) is 4.90 Å². The molecule has 1 rings (SSSR count). The van der Waals surface area contributed by atoms with Crippen molar-refractivity contribution in [2.24, 2.45) is 0 Å². The molecule has 0 bridgehead atoms. The SMILES string of the molecule is CCSSCCCSc1cc(O)n(OC(C)=O)c1O. The smallest absolute Gasteiger partial charge is 0.330 e. The van der Waals surface area contributed by atoms with Crippen LogP contribution in [-0.2, 0) is 4.79 Å². The predicted octanol–water partition coefficient (Wildman–Crippen LogP) is 2.76. The molecule has 0 atom stereocenters. The van der Waals surface area contributed by atoms with Gasteiger partial charge < -0.3 is 15.1 Å². The number of aromatic hydroxyl groups is 2. The summed E-state index contributed by atoms with van der Waals surface area (Å²) in [5.74, 6) is 1.83. The van der Waals surface area contributed by atoms with Crippen LogP contribution in [0.4, 0.5) is 0 Å². The Kier molecular flexibility index (Phi) is 7.40. The fourth-order valence-electron chi connectivity index (χ4n) is 1.22. The fourth-order valence-corrected chi connectivity index (χ4v) is 4.06. The summed E-state index contributed by atoms with van der Waals surface area (Å²) in [5.41, 5.74) is 0. The van der Waals surface area contributed by atoms with Gasteiger partial charge in [0.25, 0.3) is 0 Å². The molecular formula is C11H17NO4S3. The molecule has 1 heterocycles. The van der Waals surface area contributed by atoms with E-state index in [1.54, 1.807) is 0 Å². The lowest BCUT2D eigenvalue weighted by atomic mass is 10.6. The van der Waals surface area contributed by atoms with Crippen molar-refractivity contribution in [1.29, 1.82) is 0 Å². The number of aromatic nitrogens is 1. The van der Waals surface area contributed by atoms with Gasteiger partial charge in [-0.2, -0.15) is 0 Å². The highest BCUT2D eigenvalue weighted by molar-refractivity contribution is 8.76. The molecule has 0 amide bonds. The average Bonchev–Trinajstić information content (AvgIpc) is 2.61. The summed E-state index contributed by atoms with van der Waals surface area (Å²) in [6.45, 7) is 3.32. The predicted molar refractivity (Wildman–Crippen MR) is 81.0 cm³/mol. The maximum atomic E-state index is 10.8. The number of nitrogens with zero attached hydrogens (tertiary/aromatic N) is 1. The van der Waals surface area contributed by atoms with E-state index in [2.05, 4.69) is 11.8 Å². The van der Waals surface area contributed by atoms with Crippen LogP contribution < -0.4 is 4.84 Å². The monoisotopic (exact) mass is 323 g/mol. The van der Waals surface area contributed by atoms with Crippen LogP contribution in [0.3, 0.4) is 0 Å². The largest absolute Gasteiger partial charge is 0.492 e. The number of carbonyl (C=O) groups excluding carboxylic acids is 1. The Morgan fingerprint density at radius 3 is 2.74 bits per heavy atom. The lowest BCUT2D eigenvalue weighted by Gasteiger charge is -2.04. The van der Waals surface area contributed by atoms with Crippen molar-refractivity contribution in [3.05, 3.63) is 6.07 Å². The second kappa shape index (κ2) is 8.55. The Bertz CT molecular complexity index is 422. The molecule has 0 aliphatic rings. The maximum Gasteiger partial charge on any atom is 0.330 e. The molecule has 2 N–H and O–H groups in total. The van der Waals surface area contributed by atoms with Crippen molar-refractivity contribution in [3.8, 4) is 11.8 Å². The average molecular weight is 323 g/mol. The van der Waals surface area contributed by atoms with Crippen LogP contribution in [-0.4, -0.2) is 38.2 Å². The zero-order valence-corrected chi connectivity index (χ0v) is 13.2. The van der Waals surface area contributed by atoms with Gasteiger partial charge in [0.1, 0.15) is 0 Å². The van der Waals surface area contributed by atoms with E-state index in [4.69, 9.17) is 0 Å². The minimum absolute atomic E-state index is 0.242. The lowest BCUT2D eigenvalue weighted by molar-refractivity contribution is -0.142. The number of carbonyl (C=O) groups is 1. The van der Waals surface area contributed by atoms with Gasteiger partial charge in [-0.15, -0.1) is 16.5 Å². The Morgan fingerprint density at radius 1 is 1.37 bits per heavy atom. The van der Waals surface area contributed by atoms with Crippen molar-refractivity contribution in [2.45, 2.75) is 25.2 Å². The molecule has 1 aromatic rings. The minimum atomic E-state index is -0.606. The highest BCUT2D eigenvalue weighted by Gasteiger charge is 2.16. The van der Waals surface area contributed by atoms with Crippen LogP contribution in [0, 0.1) is 0 Å². The second-order valence-electron chi connectivity index (χ2n) is 3.50. The number of hydrogen-bond acceptors (Lipinski definition) is 7. The van der Waals surface area contributed by atoms with Crippen LogP contribution in [0.2, 0.25) is 0 Å². The summed E-state index contributed by atoms with van der Waals surface area (Å²) in [5, 5.41) is 19.3. The van der Waals surface area contributed by atoms with Crippen LogP contribution in [0.25, 0.3) is 0 Å². The van der Waals surface area contributed by atoms with E-state index in [0.717, 1.165) is 28.4 Å². The second-order valence-corrected chi connectivity index (χ2v) is 7.51. The topological polar surface area (TPSA) is 71.7 Å². The van der Waals surface area contributed by atoms with Gasteiger partial charge in [-0.3, -0.25) is 0 Å². The third-order valence-corrected chi connectivity index (χ3v) is 5.60. The normalized spacial score (nSPS) is 10.6. The van der Waals surface area contributed by atoms with Crippen molar-refractivity contribution in [2.75, 3.05) is 17.3 Å². The van der Waals surface area contributed by atoms with Crippen LogP contribution in [0.15, 0.2) is 11.0 Å². The summed E-state index contributed by atoms with van der Waals surface area (Å²) in [4.78, 5) is 16.0. The maximum absolute atomic E-state index is 10.8. The number of hydrogen-bond donors (Lipinski definition) is 2. The van der Waals surface area contributed by atoms with Gasteiger partial charge in [0.15, 0.2) is 0 Å². The van der Waals surface area contributed by atoms with Crippen molar-refractivity contribution in [1.82, 2.24) is 4.73 Å². The number of rotatable bonds is 8. The van der Waals surface area contributed by atoms with Gasteiger partial charge in [0.2, 0.25) is 11.8 Å². The quantitative estimate of drug-likeness (QED) is 0.433. The summed E-state index contributed by atoms with van der Waals surface area (Å²) in [6.07, 6.45) is 1.00.